The third-order valence-electron chi connectivity index (χ3n) is 3.47. The summed E-state index contributed by atoms with van der Waals surface area (Å²) < 4.78 is 15.6. The van der Waals surface area contributed by atoms with E-state index in [9.17, 15) is 14.7 Å². The molecule has 2 rings (SSSR count). The van der Waals surface area contributed by atoms with Crippen molar-refractivity contribution in [3.63, 3.8) is 0 Å². The average molecular weight is 334 g/mol. The van der Waals surface area contributed by atoms with E-state index in [1.54, 1.807) is 31.2 Å². The highest BCUT2D eigenvalue weighted by Gasteiger charge is 2.35. The molecule has 24 heavy (non-hydrogen) atoms. The molecule has 130 valence electrons. The Morgan fingerprint density at radius 3 is 2.54 bits per heavy atom. The van der Waals surface area contributed by atoms with Crippen LogP contribution in [0.1, 0.15) is 39.2 Å². The van der Waals surface area contributed by atoms with Gasteiger partial charge in [0, 0.05) is 12.0 Å². The van der Waals surface area contributed by atoms with E-state index >= 15 is 0 Å². The molecule has 0 fully saturated rings. The molecule has 0 bridgehead atoms. The Kier molecular flexibility index (Phi) is 5.84. The Balaban J connectivity index is 2.14. The Bertz CT molecular complexity index is 629. The van der Waals surface area contributed by atoms with Gasteiger partial charge in [-0.25, -0.2) is 4.79 Å². The zero-order valence-electron chi connectivity index (χ0n) is 14.1. The highest BCUT2D eigenvalue weighted by molar-refractivity contribution is 6.00. The molecule has 6 heteroatoms. The quantitative estimate of drug-likeness (QED) is 0.772. The third-order valence-corrected chi connectivity index (χ3v) is 3.47. The maximum absolute atomic E-state index is 11.7. The first-order chi connectivity index (χ1) is 11.4. The van der Waals surface area contributed by atoms with Crippen LogP contribution in [0.15, 0.2) is 30.0 Å². The van der Waals surface area contributed by atoms with Crippen LogP contribution in [0.25, 0.3) is 5.57 Å². The van der Waals surface area contributed by atoms with Crippen LogP contribution in [0.3, 0.4) is 0 Å². The highest BCUT2D eigenvalue weighted by atomic mass is 16.6. The molecule has 1 unspecified atom stereocenters. The van der Waals surface area contributed by atoms with E-state index in [2.05, 4.69) is 0 Å². The van der Waals surface area contributed by atoms with Crippen molar-refractivity contribution >= 4 is 17.5 Å². The zero-order chi connectivity index (χ0) is 17.7. The van der Waals surface area contributed by atoms with E-state index in [0.717, 1.165) is 0 Å². The maximum atomic E-state index is 11.7. The zero-order valence-corrected chi connectivity index (χ0v) is 14.1. The van der Waals surface area contributed by atoms with Gasteiger partial charge in [0.05, 0.1) is 12.7 Å². The number of carbonyl (C=O) groups excluding carboxylic acids is 2. The fraction of sp³-hybridized carbons (Fsp3) is 0.444. The summed E-state index contributed by atoms with van der Waals surface area (Å²) in [6.07, 6.45) is -0.248. The predicted octanol–water partition coefficient (Wildman–Crippen LogP) is 3.01. The van der Waals surface area contributed by atoms with Crippen LogP contribution < -0.4 is 4.74 Å². The second-order valence-electron chi connectivity index (χ2n) is 5.69. The van der Waals surface area contributed by atoms with Crippen molar-refractivity contribution in [2.75, 3.05) is 6.61 Å². The van der Waals surface area contributed by atoms with Gasteiger partial charge in [0.1, 0.15) is 11.9 Å². The first-order valence-corrected chi connectivity index (χ1v) is 7.99. The van der Waals surface area contributed by atoms with Crippen LogP contribution in [-0.2, 0) is 19.1 Å². The van der Waals surface area contributed by atoms with Crippen molar-refractivity contribution in [2.45, 2.75) is 45.8 Å². The monoisotopic (exact) mass is 334 g/mol. The van der Waals surface area contributed by atoms with Gasteiger partial charge in [-0.15, -0.1) is 0 Å². The van der Waals surface area contributed by atoms with Gasteiger partial charge in [-0.2, -0.15) is 0 Å². The standard InChI is InChI=1S/C18H22O6/c1-4-22-15(19)10-9-14-16(17(20)18(21)24-14)12-5-7-13(8-6-12)23-11(2)3/h5-8,11,14,20H,4,9-10H2,1-3H3. The summed E-state index contributed by atoms with van der Waals surface area (Å²) >= 11 is 0. The second-order valence-corrected chi connectivity index (χ2v) is 5.69. The summed E-state index contributed by atoms with van der Waals surface area (Å²) in [5.41, 5.74) is 1.05. The highest BCUT2D eigenvalue weighted by Crippen LogP contribution is 2.33. The normalized spacial score (nSPS) is 17.2. The summed E-state index contributed by atoms with van der Waals surface area (Å²) in [7, 11) is 0. The molecule has 1 atom stereocenters. The topological polar surface area (TPSA) is 82.1 Å². The number of rotatable bonds is 7. The molecule has 0 aromatic heterocycles. The number of aliphatic hydroxyl groups is 1. The van der Waals surface area contributed by atoms with Gasteiger partial charge in [-0.1, -0.05) is 12.1 Å². The van der Waals surface area contributed by atoms with Crippen molar-refractivity contribution in [1.82, 2.24) is 0 Å². The van der Waals surface area contributed by atoms with E-state index in [-0.39, 0.29) is 24.9 Å². The van der Waals surface area contributed by atoms with Crippen LogP contribution in [-0.4, -0.2) is 35.9 Å². The van der Waals surface area contributed by atoms with E-state index in [1.807, 2.05) is 13.8 Å². The molecule has 0 aliphatic carbocycles. The molecular formula is C18H22O6. The second kappa shape index (κ2) is 7.86. The van der Waals surface area contributed by atoms with Gasteiger partial charge in [0.15, 0.2) is 0 Å². The van der Waals surface area contributed by atoms with Gasteiger partial charge in [0.25, 0.3) is 0 Å². The van der Waals surface area contributed by atoms with E-state index < -0.39 is 17.8 Å². The van der Waals surface area contributed by atoms with Crippen molar-refractivity contribution in [1.29, 1.82) is 0 Å². The van der Waals surface area contributed by atoms with Gasteiger partial charge < -0.3 is 19.3 Å². The number of cyclic esters (lactones) is 1. The molecule has 0 spiro atoms. The number of aliphatic hydroxyl groups excluding tert-OH is 1. The average Bonchev–Trinajstić information content (AvgIpc) is 2.81. The molecule has 0 saturated carbocycles. The number of carbonyl (C=O) groups is 2. The lowest BCUT2D eigenvalue weighted by atomic mass is 9.97. The van der Waals surface area contributed by atoms with Crippen LogP contribution in [0.5, 0.6) is 5.75 Å². The summed E-state index contributed by atoms with van der Waals surface area (Å²) in [6.45, 7) is 5.88. The lowest BCUT2D eigenvalue weighted by Gasteiger charge is -2.14. The molecule has 0 radical (unpaired) electrons. The first kappa shape index (κ1) is 17.8. The number of esters is 2. The van der Waals surface area contributed by atoms with Crippen molar-refractivity contribution in [3.8, 4) is 5.75 Å². The predicted molar refractivity (Wildman–Crippen MR) is 87.5 cm³/mol. The van der Waals surface area contributed by atoms with Crippen molar-refractivity contribution in [3.05, 3.63) is 35.6 Å². The lowest BCUT2D eigenvalue weighted by Crippen LogP contribution is -2.15. The first-order valence-electron chi connectivity index (χ1n) is 7.99. The minimum absolute atomic E-state index is 0.0530. The summed E-state index contributed by atoms with van der Waals surface area (Å²) in [5, 5.41) is 10.0. The summed E-state index contributed by atoms with van der Waals surface area (Å²) in [4.78, 5) is 23.2. The Hall–Kier alpha value is -2.50. The number of hydrogen-bond acceptors (Lipinski definition) is 6. The number of ether oxygens (including phenoxy) is 3. The smallest absolute Gasteiger partial charge is 0.374 e. The van der Waals surface area contributed by atoms with Crippen LogP contribution in [0.2, 0.25) is 0 Å². The molecule has 1 heterocycles. The third kappa shape index (κ3) is 4.28. The molecule has 1 N–H and O–H groups in total. The minimum atomic E-state index is -0.777. The fourth-order valence-electron chi connectivity index (χ4n) is 2.50. The molecule has 0 amide bonds. The lowest BCUT2D eigenvalue weighted by molar-refractivity contribution is -0.146. The Morgan fingerprint density at radius 2 is 1.96 bits per heavy atom. The van der Waals surface area contributed by atoms with Crippen LogP contribution >= 0.6 is 0 Å². The number of benzene rings is 1. The molecule has 6 nitrogen and oxygen atoms in total. The maximum Gasteiger partial charge on any atom is 0.374 e. The largest absolute Gasteiger partial charge is 0.502 e. The van der Waals surface area contributed by atoms with Gasteiger partial charge in [-0.05, 0) is 44.9 Å². The van der Waals surface area contributed by atoms with Crippen molar-refractivity contribution in [2.24, 2.45) is 0 Å². The van der Waals surface area contributed by atoms with Gasteiger partial charge >= 0.3 is 11.9 Å². The van der Waals surface area contributed by atoms with E-state index in [4.69, 9.17) is 14.2 Å². The van der Waals surface area contributed by atoms with Crippen LogP contribution in [0, 0.1) is 0 Å². The molecule has 1 aromatic carbocycles. The molecule has 1 aromatic rings. The number of hydrogen-bond donors (Lipinski definition) is 1. The van der Waals surface area contributed by atoms with Gasteiger partial charge in [-0.3, -0.25) is 4.79 Å². The van der Waals surface area contributed by atoms with E-state index in [1.165, 1.54) is 0 Å². The Labute approximate surface area is 141 Å². The summed E-state index contributed by atoms with van der Waals surface area (Å²) in [5.74, 6) is -0.857. The Morgan fingerprint density at radius 1 is 1.29 bits per heavy atom. The molecular weight excluding hydrogens is 312 g/mol. The molecule has 1 aliphatic rings. The summed E-state index contributed by atoms with van der Waals surface area (Å²) in [6, 6.07) is 7.03. The van der Waals surface area contributed by atoms with E-state index in [0.29, 0.717) is 23.5 Å². The van der Waals surface area contributed by atoms with Crippen LogP contribution in [0.4, 0.5) is 0 Å². The molecule has 0 saturated heterocycles. The SMILES string of the molecule is CCOC(=O)CCC1OC(=O)C(O)=C1c1ccc(OC(C)C)cc1. The fourth-order valence-corrected chi connectivity index (χ4v) is 2.50. The molecule has 1 aliphatic heterocycles. The minimum Gasteiger partial charge on any atom is -0.502 e. The van der Waals surface area contributed by atoms with Gasteiger partial charge in [0.2, 0.25) is 5.76 Å². The van der Waals surface area contributed by atoms with Crippen molar-refractivity contribution < 1.29 is 28.9 Å².